The summed E-state index contributed by atoms with van der Waals surface area (Å²) in [7, 11) is -3.19. The number of ether oxygens (including phenoxy) is 1. The van der Waals surface area contributed by atoms with Gasteiger partial charge in [-0.15, -0.1) is 11.3 Å². The lowest BCUT2D eigenvalue weighted by Gasteiger charge is -2.21. The monoisotopic (exact) mass is 325 g/mol. The highest BCUT2D eigenvalue weighted by Gasteiger charge is 2.20. The lowest BCUT2D eigenvalue weighted by atomic mass is 10.1. The number of thiophene rings is 1. The summed E-state index contributed by atoms with van der Waals surface area (Å²) in [6.45, 7) is 3.93. The van der Waals surface area contributed by atoms with Crippen LogP contribution >= 0.6 is 11.3 Å². The van der Waals surface area contributed by atoms with Crippen molar-refractivity contribution < 1.29 is 13.2 Å². The summed E-state index contributed by atoms with van der Waals surface area (Å²) >= 11 is 1.65. The molecule has 0 amide bonds. The highest BCUT2D eigenvalue weighted by atomic mass is 32.2. The first-order valence-electron chi connectivity index (χ1n) is 6.56. The molecule has 0 aliphatic rings. The zero-order valence-corrected chi connectivity index (χ0v) is 13.9. The van der Waals surface area contributed by atoms with E-state index < -0.39 is 9.84 Å². The molecule has 0 saturated heterocycles. The summed E-state index contributed by atoms with van der Waals surface area (Å²) in [5, 5.41) is 0. The summed E-state index contributed by atoms with van der Waals surface area (Å²) in [5.41, 5.74) is 6.01. The molecule has 0 radical (unpaired) electrons. The smallest absolute Gasteiger partial charge is 0.175 e. The second-order valence-electron chi connectivity index (χ2n) is 5.09. The van der Waals surface area contributed by atoms with E-state index in [-0.39, 0.29) is 17.0 Å². The topological polar surface area (TPSA) is 69.4 Å². The van der Waals surface area contributed by atoms with E-state index in [4.69, 9.17) is 10.5 Å². The third kappa shape index (κ3) is 4.06. The lowest BCUT2D eigenvalue weighted by molar-refractivity contribution is 0.184. The molecule has 1 aromatic heterocycles. The van der Waals surface area contributed by atoms with Gasteiger partial charge in [0.1, 0.15) is 11.9 Å². The fraction of sp³-hybridized carbons (Fsp3) is 0.333. The third-order valence-electron chi connectivity index (χ3n) is 3.03. The number of aryl methyl sites for hydroxylation is 1. The van der Waals surface area contributed by atoms with Crippen molar-refractivity contribution in [2.45, 2.75) is 30.9 Å². The molecule has 0 bridgehead atoms. The van der Waals surface area contributed by atoms with E-state index >= 15 is 0 Å². The minimum Gasteiger partial charge on any atom is -0.483 e. The lowest BCUT2D eigenvalue weighted by Crippen LogP contribution is -2.28. The van der Waals surface area contributed by atoms with Crippen molar-refractivity contribution >= 4 is 21.2 Å². The number of rotatable bonds is 5. The molecule has 2 aromatic rings. The highest BCUT2D eigenvalue weighted by Crippen LogP contribution is 2.29. The Balaban J connectivity index is 2.22. The first-order valence-corrected chi connectivity index (χ1v) is 9.27. The number of nitrogens with two attached hydrogens (primary N) is 1. The van der Waals surface area contributed by atoms with E-state index in [1.54, 1.807) is 35.6 Å². The van der Waals surface area contributed by atoms with Gasteiger partial charge in [-0.25, -0.2) is 8.42 Å². The van der Waals surface area contributed by atoms with Crippen LogP contribution in [-0.4, -0.2) is 20.7 Å². The molecule has 1 heterocycles. The maximum atomic E-state index is 11.4. The number of sulfone groups is 1. The van der Waals surface area contributed by atoms with Gasteiger partial charge in [-0.3, -0.25) is 0 Å². The fourth-order valence-electron chi connectivity index (χ4n) is 1.94. The Morgan fingerprint density at radius 2 is 1.76 bits per heavy atom. The molecule has 114 valence electrons. The first-order chi connectivity index (χ1) is 9.77. The van der Waals surface area contributed by atoms with Crippen molar-refractivity contribution in [1.29, 1.82) is 0 Å². The summed E-state index contributed by atoms with van der Waals surface area (Å²) in [6, 6.07) is 10.3. The average molecular weight is 325 g/mol. The summed E-state index contributed by atoms with van der Waals surface area (Å²) in [4.78, 5) is 2.54. The van der Waals surface area contributed by atoms with Gasteiger partial charge in [-0.2, -0.15) is 0 Å². The molecule has 0 aliphatic heterocycles. The molecule has 2 rings (SSSR count). The van der Waals surface area contributed by atoms with Crippen molar-refractivity contribution in [3.05, 3.63) is 46.2 Å². The van der Waals surface area contributed by atoms with Crippen LogP contribution in [0.25, 0.3) is 0 Å². The summed E-state index contributed by atoms with van der Waals surface area (Å²) in [5.74, 6) is 0.607. The van der Waals surface area contributed by atoms with Gasteiger partial charge in [0, 0.05) is 22.1 Å². The van der Waals surface area contributed by atoms with Crippen molar-refractivity contribution in [3.63, 3.8) is 0 Å². The Labute approximate surface area is 129 Å². The highest BCUT2D eigenvalue weighted by molar-refractivity contribution is 7.90. The second-order valence-corrected chi connectivity index (χ2v) is 8.42. The van der Waals surface area contributed by atoms with Crippen LogP contribution in [0, 0.1) is 6.92 Å². The number of hydrogen-bond donors (Lipinski definition) is 1. The fourth-order valence-corrected chi connectivity index (χ4v) is 3.60. The van der Waals surface area contributed by atoms with Crippen LogP contribution < -0.4 is 10.5 Å². The molecular weight excluding hydrogens is 306 g/mol. The van der Waals surface area contributed by atoms with Gasteiger partial charge in [0.25, 0.3) is 0 Å². The van der Waals surface area contributed by atoms with Gasteiger partial charge < -0.3 is 10.5 Å². The van der Waals surface area contributed by atoms with Gasteiger partial charge in [-0.05, 0) is 50.2 Å². The van der Waals surface area contributed by atoms with E-state index in [1.165, 1.54) is 11.1 Å². The van der Waals surface area contributed by atoms with E-state index in [1.807, 2.05) is 26.0 Å². The predicted molar refractivity (Wildman–Crippen MR) is 85.6 cm³/mol. The molecule has 6 heteroatoms. The second kappa shape index (κ2) is 6.17. The summed E-state index contributed by atoms with van der Waals surface area (Å²) in [6.07, 6.45) is 0.940. The van der Waals surface area contributed by atoms with Gasteiger partial charge in [0.2, 0.25) is 0 Å². The van der Waals surface area contributed by atoms with Crippen LogP contribution in [0.5, 0.6) is 5.75 Å². The number of hydrogen-bond acceptors (Lipinski definition) is 5. The molecule has 4 nitrogen and oxygen atoms in total. The van der Waals surface area contributed by atoms with E-state index in [0.29, 0.717) is 5.75 Å². The molecule has 2 unspecified atom stereocenters. The van der Waals surface area contributed by atoms with Crippen LogP contribution in [0.15, 0.2) is 41.3 Å². The van der Waals surface area contributed by atoms with Crippen molar-refractivity contribution in [2.24, 2.45) is 5.73 Å². The molecule has 2 N–H and O–H groups in total. The normalized spacial score (nSPS) is 14.7. The SMILES string of the molecule is Cc1ccc(C(Oc2ccc(S(C)(=O)=O)cc2)C(C)N)s1. The molecule has 2 atom stereocenters. The molecular formula is C15H19NO3S2. The van der Waals surface area contributed by atoms with E-state index in [0.717, 1.165) is 4.88 Å². The predicted octanol–water partition coefficient (Wildman–Crippen LogP) is 2.93. The average Bonchev–Trinajstić information content (AvgIpc) is 2.81. The maximum Gasteiger partial charge on any atom is 0.175 e. The third-order valence-corrected chi connectivity index (χ3v) is 5.22. The standard InChI is InChI=1S/C15H19NO3S2/c1-10-4-9-14(20-10)15(11(2)16)19-12-5-7-13(8-6-12)21(3,17)18/h4-9,11,15H,16H2,1-3H3. The largest absolute Gasteiger partial charge is 0.483 e. The quantitative estimate of drug-likeness (QED) is 0.917. The van der Waals surface area contributed by atoms with Crippen molar-refractivity contribution in [3.8, 4) is 5.75 Å². The molecule has 21 heavy (non-hydrogen) atoms. The molecule has 0 spiro atoms. The molecule has 1 aromatic carbocycles. The van der Waals surface area contributed by atoms with Crippen LogP contribution in [0.4, 0.5) is 0 Å². The Morgan fingerprint density at radius 1 is 1.14 bits per heavy atom. The van der Waals surface area contributed by atoms with Gasteiger partial charge in [0.15, 0.2) is 9.84 Å². The van der Waals surface area contributed by atoms with Gasteiger partial charge in [-0.1, -0.05) is 0 Å². The molecule has 0 aliphatic carbocycles. The molecule has 0 saturated carbocycles. The zero-order chi connectivity index (χ0) is 15.6. The summed E-state index contributed by atoms with van der Waals surface area (Å²) < 4.78 is 28.8. The van der Waals surface area contributed by atoms with Gasteiger partial charge in [0.05, 0.1) is 4.90 Å². The van der Waals surface area contributed by atoms with Crippen LogP contribution in [0.2, 0.25) is 0 Å². The van der Waals surface area contributed by atoms with E-state index in [9.17, 15) is 8.42 Å². The Bertz CT molecular complexity index is 703. The van der Waals surface area contributed by atoms with Crippen LogP contribution in [-0.2, 0) is 9.84 Å². The van der Waals surface area contributed by atoms with Crippen molar-refractivity contribution in [2.75, 3.05) is 6.26 Å². The Kier molecular flexibility index (Phi) is 4.70. The maximum absolute atomic E-state index is 11.4. The van der Waals surface area contributed by atoms with Crippen LogP contribution in [0.1, 0.15) is 22.8 Å². The minimum absolute atomic E-state index is 0.169. The van der Waals surface area contributed by atoms with E-state index in [2.05, 4.69) is 0 Å². The number of benzene rings is 1. The van der Waals surface area contributed by atoms with Crippen LogP contribution in [0.3, 0.4) is 0 Å². The molecule has 0 fully saturated rings. The Hall–Kier alpha value is -1.37. The van der Waals surface area contributed by atoms with Gasteiger partial charge >= 0.3 is 0 Å². The minimum atomic E-state index is -3.19. The zero-order valence-electron chi connectivity index (χ0n) is 12.2. The van der Waals surface area contributed by atoms with Crippen molar-refractivity contribution in [1.82, 2.24) is 0 Å². The first kappa shape index (κ1) is 16.0. The Morgan fingerprint density at radius 3 is 2.19 bits per heavy atom.